The van der Waals surface area contributed by atoms with Gasteiger partial charge < -0.3 is 4.42 Å². The number of sulfone groups is 1. The minimum atomic E-state index is -3.23. The van der Waals surface area contributed by atoms with E-state index in [0.717, 1.165) is 0 Å². The maximum Gasteiger partial charge on any atom is 0.218 e. The summed E-state index contributed by atoms with van der Waals surface area (Å²) in [5, 5.41) is 0.0283. The summed E-state index contributed by atoms with van der Waals surface area (Å²) in [6.45, 7) is 1.78. The fraction of sp³-hybridized carbons (Fsp3) is 0.250. The van der Waals surface area contributed by atoms with Gasteiger partial charge in [-0.05, 0) is 19.1 Å². The van der Waals surface area contributed by atoms with Crippen LogP contribution < -0.4 is 0 Å². The molecule has 0 saturated heterocycles. The van der Waals surface area contributed by atoms with E-state index < -0.39 is 9.84 Å². The molecule has 1 aromatic rings. The second-order valence-corrected chi connectivity index (χ2v) is 4.25. The standard InChI is InChI=1S/C8H10O3S/c1-2-3-7-12(9,10)8-5-4-6-11-8/h2-6H,7H2,1H3/b3-2+. The van der Waals surface area contributed by atoms with Crippen LogP contribution in [-0.4, -0.2) is 14.2 Å². The average Bonchev–Trinajstić information content (AvgIpc) is 2.53. The zero-order valence-electron chi connectivity index (χ0n) is 6.73. The third-order valence-electron chi connectivity index (χ3n) is 1.35. The highest BCUT2D eigenvalue weighted by molar-refractivity contribution is 7.91. The Bertz CT molecular complexity index is 346. The van der Waals surface area contributed by atoms with Crippen LogP contribution in [0.1, 0.15) is 6.92 Å². The topological polar surface area (TPSA) is 47.3 Å². The predicted molar refractivity (Wildman–Crippen MR) is 45.6 cm³/mol. The van der Waals surface area contributed by atoms with Crippen molar-refractivity contribution in [3.63, 3.8) is 0 Å². The Labute approximate surface area is 71.6 Å². The normalized spacial score (nSPS) is 12.4. The number of hydrogen-bond donors (Lipinski definition) is 0. The minimum Gasteiger partial charge on any atom is -0.453 e. The average molecular weight is 186 g/mol. The molecular formula is C8H10O3S. The van der Waals surface area contributed by atoms with E-state index in [9.17, 15) is 8.42 Å². The maximum atomic E-state index is 11.3. The molecule has 0 N–H and O–H groups in total. The molecule has 0 saturated carbocycles. The van der Waals surface area contributed by atoms with Crippen LogP contribution in [0.2, 0.25) is 0 Å². The Hall–Kier alpha value is -1.03. The molecular weight excluding hydrogens is 176 g/mol. The van der Waals surface area contributed by atoms with Gasteiger partial charge in [0.15, 0.2) is 0 Å². The Morgan fingerprint density at radius 3 is 2.83 bits per heavy atom. The van der Waals surface area contributed by atoms with E-state index in [4.69, 9.17) is 4.42 Å². The van der Waals surface area contributed by atoms with E-state index in [0.29, 0.717) is 0 Å². The quantitative estimate of drug-likeness (QED) is 0.674. The van der Waals surface area contributed by atoms with Crippen LogP contribution in [0.3, 0.4) is 0 Å². The van der Waals surface area contributed by atoms with Gasteiger partial charge in [-0.2, -0.15) is 0 Å². The molecule has 0 atom stereocenters. The monoisotopic (exact) mass is 186 g/mol. The van der Waals surface area contributed by atoms with Crippen LogP contribution in [0.5, 0.6) is 0 Å². The summed E-state index contributed by atoms with van der Waals surface area (Å²) in [6.07, 6.45) is 4.63. The van der Waals surface area contributed by atoms with Gasteiger partial charge in [0.1, 0.15) is 0 Å². The molecule has 0 radical (unpaired) electrons. The fourth-order valence-electron chi connectivity index (χ4n) is 0.745. The van der Waals surface area contributed by atoms with E-state index in [1.807, 2.05) is 0 Å². The van der Waals surface area contributed by atoms with Crippen molar-refractivity contribution >= 4 is 9.84 Å². The van der Waals surface area contributed by atoms with Crippen LogP contribution in [0, 0.1) is 0 Å². The van der Waals surface area contributed by atoms with Crippen LogP contribution in [-0.2, 0) is 9.84 Å². The smallest absolute Gasteiger partial charge is 0.218 e. The van der Waals surface area contributed by atoms with E-state index in [-0.39, 0.29) is 10.8 Å². The summed E-state index contributed by atoms with van der Waals surface area (Å²) < 4.78 is 27.4. The van der Waals surface area contributed by atoms with Crippen LogP contribution in [0.15, 0.2) is 40.1 Å². The Balaban J connectivity index is 2.88. The molecule has 0 bridgehead atoms. The molecule has 0 unspecified atom stereocenters. The molecule has 1 heterocycles. The minimum absolute atomic E-state index is 0.00296. The molecule has 3 nitrogen and oxygen atoms in total. The van der Waals surface area contributed by atoms with E-state index in [1.165, 1.54) is 12.3 Å². The van der Waals surface area contributed by atoms with Crippen molar-refractivity contribution < 1.29 is 12.8 Å². The molecule has 12 heavy (non-hydrogen) atoms. The first-order chi connectivity index (χ1) is 5.67. The lowest BCUT2D eigenvalue weighted by Crippen LogP contribution is -2.02. The third kappa shape index (κ3) is 1.98. The number of furan rings is 1. The van der Waals surface area contributed by atoms with Gasteiger partial charge in [0.25, 0.3) is 0 Å². The highest BCUT2D eigenvalue weighted by atomic mass is 32.2. The Kier molecular flexibility index (Phi) is 2.70. The first-order valence-corrected chi connectivity index (χ1v) is 5.19. The van der Waals surface area contributed by atoms with Gasteiger partial charge in [0, 0.05) is 0 Å². The maximum absolute atomic E-state index is 11.3. The lowest BCUT2D eigenvalue weighted by molar-refractivity contribution is 0.451. The van der Waals surface area contributed by atoms with Gasteiger partial charge in [-0.1, -0.05) is 12.2 Å². The van der Waals surface area contributed by atoms with Crippen molar-refractivity contribution in [2.75, 3.05) is 5.75 Å². The van der Waals surface area contributed by atoms with Crippen LogP contribution in [0.4, 0.5) is 0 Å². The zero-order valence-corrected chi connectivity index (χ0v) is 7.54. The van der Waals surface area contributed by atoms with Crippen molar-refractivity contribution in [3.8, 4) is 0 Å². The molecule has 4 heteroatoms. The summed E-state index contributed by atoms with van der Waals surface area (Å²) in [4.78, 5) is 0. The molecule has 66 valence electrons. The van der Waals surface area contributed by atoms with Gasteiger partial charge in [0.2, 0.25) is 14.9 Å². The largest absolute Gasteiger partial charge is 0.453 e. The van der Waals surface area contributed by atoms with Gasteiger partial charge in [0.05, 0.1) is 12.0 Å². The molecule has 0 aromatic carbocycles. The summed E-state index contributed by atoms with van der Waals surface area (Å²) in [5.41, 5.74) is 0. The summed E-state index contributed by atoms with van der Waals surface area (Å²) in [5.74, 6) is -0.00296. The predicted octanol–water partition coefficient (Wildman–Crippen LogP) is 1.63. The first-order valence-electron chi connectivity index (χ1n) is 3.54. The highest BCUT2D eigenvalue weighted by Crippen LogP contribution is 2.10. The molecule has 1 aromatic heterocycles. The molecule has 0 spiro atoms. The van der Waals surface area contributed by atoms with Crippen LogP contribution >= 0.6 is 0 Å². The SMILES string of the molecule is C/C=C/CS(=O)(=O)c1ccco1. The van der Waals surface area contributed by atoms with Gasteiger partial charge in [-0.3, -0.25) is 0 Å². The van der Waals surface area contributed by atoms with Crippen LogP contribution in [0.25, 0.3) is 0 Å². The van der Waals surface area contributed by atoms with Gasteiger partial charge in [-0.15, -0.1) is 0 Å². The van der Waals surface area contributed by atoms with Crippen molar-refractivity contribution in [2.45, 2.75) is 12.0 Å². The molecule has 0 aliphatic rings. The molecule has 1 rings (SSSR count). The second-order valence-electron chi connectivity index (χ2n) is 2.28. The van der Waals surface area contributed by atoms with Crippen molar-refractivity contribution in [1.82, 2.24) is 0 Å². The number of allylic oxidation sites excluding steroid dienone is 1. The van der Waals surface area contributed by atoms with E-state index in [1.54, 1.807) is 25.1 Å². The van der Waals surface area contributed by atoms with Crippen molar-refractivity contribution in [1.29, 1.82) is 0 Å². The summed E-state index contributed by atoms with van der Waals surface area (Å²) >= 11 is 0. The molecule has 0 aliphatic heterocycles. The molecule has 0 amide bonds. The summed E-state index contributed by atoms with van der Waals surface area (Å²) in [6, 6.07) is 3.00. The second kappa shape index (κ2) is 3.58. The van der Waals surface area contributed by atoms with E-state index >= 15 is 0 Å². The lowest BCUT2D eigenvalue weighted by atomic mass is 10.6. The summed E-state index contributed by atoms with van der Waals surface area (Å²) in [7, 11) is -3.23. The van der Waals surface area contributed by atoms with Crippen molar-refractivity contribution in [3.05, 3.63) is 30.5 Å². The molecule has 0 aliphatic carbocycles. The van der Waals surface area contributed by atoms with Crippen molar-refractivity contribution in [2.24, 2.45) is 0 Å². The first kappa shape index (κ1) is 9.06. The molecule has 0 fully saturated rings. The highest BCUT2D eigenvalue weighted by Gasteiger charge is 2.14. The van der Waals surface area contributed by atoms with Gasteiger partial charge >= 0.3 is 0 Å². The number of rotatable bonds is 3. The zero-order chi connectivity index (χ0) is 9.03. The Morgan fingerprint density at radius 2 is 2.33 bits per heavy atom. The van der Waals surface area contributed by atoms with Gasteiger partial charge in [-0.25, -0.2) is 8.42 Å². The third-order valence-corrected chi connectivity index (χ3v) is 2.83. The number of hydrogen-bond acceptors (Lipinski definition) is 3. The lowest BCUT2D eigenvalue weighted by Gasteiger charge is -1.93. The Morgan fingerprint density at radius 1 is 1.58 bits per heavy atom. The fourth-order valence-corrected chi connectivity index (χ4v) is 1.84. The van der Waals surface area contributed by atoms with E-state index in [2.05, 4.69) is 0 Å².